The summed E-state index contributed by atoms with van der Waals surface area (Å²) >= 11 is 1.45. The number of benzene rings is 1. The maximum Gasteiger partial charge on any atom is 0.449 e. The standard InChI is InChI=1S/C18H15F3N4O2S/c1-11-8-9-28-14(11)6-7-15(26)23-24-16(27)10-25-13-5-3-2-4-12(13)22-17(25)18(19,20)21/h2-9H,10H2,1H3,(H,23,26)(H,24,27)/b7-6+. The fourth-order valence-electron chi connectivity index (χ4n) is 2.51. The summed E-state index contributed by atoms with van der Waals surface area (Å²) in [6.45, 7) is 1.24. The number of aryl methyl sites for hydroxylation is 1. The van der Waals surface area contributed by atoms with E-state index >= 15 is 0 Å². The summed E-state index contributed by atoms with van der Waals surface area (Å²) in [5.74, 6) is -2.60. The molecule has 2 aromatic heterocycles. The van der Waals surface area contributed by atoms with Gasteiger partial charge in [0, 0.05) is 11.0 Å². The molecule has 0 atom stereocenters. The summed E-state index contributed by atoms with van der Waals surface area (Å²) < 4.78 is 40.4. The second kappa shape index (κ2) is 7.85. The highest BCUT2D eigenvalue weighted by molar-refractivity contribution is 7.11. The van der Waals surface area contributed by atoms with Gasteiger partial charge in [0.2, 0.25) is 5.82 Å². The summed E-state index contributed by atoms with van der Waals surface area (Å²) in [5, 5.41) is 1.88. The molecule has 0 aliphatic heterocycles. The lowest BCUT2D eigenvalue weighted by molar-refractivity contribution is -0.147. The number of carbonyl (C=O) groups is 2. The number of rotatable bonds is 4. The minimum atomic E-state index is -4.72. The Kier molecular flexibility index (Phi) is 5.50. The number of alkyl halides is 3. The van der Waals surface area contributed by atoms with Crippen molar-refractivity contribution in [2.75, 3.05) is 0 Å². The van der Waals surface area contributed by atoms with Crippen LogP contribution < -0.4 is 10.9 Å². The van der Waals surface area contributed by atoms with Gasteiger partial charge < -0.3 is 4.57 Å². The quantitative estimate of drug-likeness (QED) is 0.514. The number of halogens is 3. The molecule has 0 radical (unpaired) electrons. The molecule has 0 saturated carbocycles. The molecule has 6 nitrogen and oxygen atoms in total. The molecule has 2 amide bonds. The molecule has 0 saturated heterocycles. The lowest BCUT2D eigenvalue weighted by Gasteiger charge is -2.11. The van der Waals surface area contributed by atoms with Crippen LogP contribution in [-0.2, 0) is 22.3 Å². The molecule has 1 aromatic carbocycles. The third-order valence-electron chi connectivity index (χ3n) is 3.82. The number of hydrogen-bond donors (Lipinski definition) is 2. The highest BCUT2D eigenvalue weighted by atomic mass is 32.1. The van der Waals surface area contributed by atoms with E-state index in [1.807, 2.05) is 18.4 Å². The van der Waals surface area contributed by atoms with Crippen molar-refractivity contribution in [3.8, 4) is 0 Å². The second-order valence-electron chi connectivity index (χ2n) is 5.85. The summed E-state index contributed by atoms with van der Waals surface area (Å²) in [4.78, 5) is 28.3. The topological polar surface area (TPSA) is 76.0 Å². The smallest absolute Gasteiger partial charge is 0.311 e. The SMILES string of the molecule is Cc1ccsc1/C=C/C(=O)NNC(=O)Cn1c(C(F)(F)F)nc2ccccc21. The van der Waals surface area contributed by atoms with Crippen LogP contribution in [0.4, 0.5) is 13.2 Å². The Bertz CT molecular complexity index is 1050. The summed E-state index contributed by atoms with van der Waals surface area (Å²) in [6.07, 6.45) is -1.90. The zero-order valence-electron chi connectivity index (χ0n) is 14.6. The number of fused-ring (bicyclic) bond motifs is 1. The number of carbonyl (C=O) groups excluding carboxylic acids is 2. The lowest BCUT2D eigenvalue weighted by Crippen LogP contribution is -2.42. The second-order valence-corrected chi connectivity index (χ2v) is 6.79. The zero-order chi connectivity index (χ0) is 20.3. The van der Waals surface area contributed by atoms with Gasteiger partial charge in [-0.2, -0.15) is 13.2 Å². The first kappa shape index (κ1) is 19.6. The highest BCUT2D eigenvalue weighted by Crippen LogP contribution is 2.31. The van der Waals surface area contributed by atoms with Crippen molar-refractivity contribution in [3.63, 3.8) is 0 Å². The van der Waals surface area contributed by atoms with Gasteiger partial charge in [0.25, 0.3) is 11.8 Å². The van der Waals surface area contributed by atoms with E-state index in [9.17, 15) is 22.8 Å². The molecule has 146 valence electrons. The van der Waals surface area contributed by atoms with E-state index in [1.165, 1.54) is 29.5 Å². The van der Waals surface area contributed by atoms with Gasteiger partial charge in [0.1, 0.15) is 6.54 Å². The minimum Gasteiger partial charge on any atom is -0.311 e. The normalized spacial score (nSPS) is 11.9. The third-order valence-corrected chi connectivity index (χ3v) is 4.81. The van der Waals surface area contributed by atoms with Crippen molar-refractivity contribution in [1.82, 2.24) is 20.4 Å². The predicted molar refractivity (Wildman–Crippen MR) is 99.1 cm³/mol. The van der Waals surface area contributed by atoms with Gasteiger partial charge in [-0.1, -0.05) is 12.1 Å². The van der Waals surface area contributed by atoms with Gasteiger partial charge in [-0.3, -0.25) is 20.4 Å². The number of imidazole rings is 1. The van der Waals surface area contributed by atoms with Gasteiger partial charge in [0.15, 0.2) is 0 Å². The molecule has 2 heterocycles. The maximum atomic E-state index is 13.2. The zero-order valence-corrected chi connectivity index (χ0v) is 15.4. The Morgan fingerprint density at radius 2 is 1.96 bits per heavy atom. The van der Waals surface area contributed by atoms with Crippen molar-refractivity contribution in [3.05, 3.63) is 58.1 Å². The number of nitrogens with one attached hydrogen (secondary N) is 2. The largest absolute Gasteiger partial charge is 0.449 e. The summed E-state index contributed by atoms with van der Waals surface area (Å²) in [6, 6.07) is 7.88. The Balaban J connectivity index is 1.67. The van der Waals surface area contributed by atoms with E-state index < -0.39 is 30.4 Å². The van der Waals surface area contributed by atoms with Crippen molar-refractivity contribution < 1.29 is 22.8 Å². The molecule has 0 unspecified atom stereocenters. The van der Waals surface area contributed by atoms with E-state index in [0.29, 0.717) is 0 Å². The van der Waals surface area contributed by atoms with Crippen LogP contribution in [0, 0.1) is 6.92 Å². The number of hydrogen-bond acceptors (Lipinski definition) is 4. The number of thiophene rings is 1. The van der Waals surface area contributed by atoms with Crippen LogP contribution in [0.25, 0.3) is 17.1 Å². The van der Waals surface area contributed by atoms with Crippen LogP contribution in [0.5, 0.6) is 0 Å². The number of nitrogens with zero attached hydrogens (tertiary/aromatic N) is 2. The minimum absolute atomic E-state index is 0.126. The van der Waals surface area contributed by atoms with Crippen LogP contribution in [0.2, 0.25) is 0 Å². The van der Waals surface area contributed by atoms with E-state index in [2.05, 4.69) is 15.8 Å². The monoisotopic (exact) mass is 408 g/mol. The van der Waals surface area contributed by atoms with Crippen LogP contribution >= 0.6 is 11.3 Å². The fraction of sp³-hybridized carbons (Fsp3) is 0.167. The Hall–Kier alpha value is -3.14. The Labute approximate surface area is 161 Å². The summed E-state index contributed by atoms with van der Waals surface area (Å²) in [7, 11) is 0. The highest BCUT2D eigenvalue weighted by Gasteiger charge is 2.38. The van der Waals surface area contributed by atoms with Crippen LogP contribution in [0.3, 0.4) is 0 Å². The average molecular weight is 408 g/mol. The first-order chi connectivity index (χ1) is 13.3. The first-order valence-electron chi connectivity index (χ1n) is 8.09. The van der Waals surface area contributed by atoms with Gasteiger partial charge in [-0.25, -0.2) is 4.98 Å². The molecule has 3 aromatic rings. The van der Waals surface area contributed by atoms with Gasteiger partial charge in [-0.05, 0) is 42.1 Å². The number of hydrazine groups is 1. The van der Waals surface area contributed by atoms with Crippen molar-refractivity contribution in [2.24, 2.45) is 0 Å². The van der Waals surface area contributed by atoms with Crippen molar-refractivity contribution in [1.29, 1.82) is 0 Å². The summed E-state index contributed by atoms with van der Waals surface area (Å²) in [5.41, 5.74) is 5.55. The molecule has 10 heteroatoms. The maximum absolute atomic E-state index is 13.2. The molecule has 2 N–H and O–H groups in total. The van der Waals surface area contributed by atoms with E-state index in [0.717, 1.165) is 15.0 Å². The number of amides is 2. The first-order valence-corrected chi connectivity index (χ1v) is 8.97. The Morgan fingerprint density at radius 3 is 2.64 bits per heavy atom. The Morgan fingerprint density at radius 1 is 1.21 bits per heavy atom. The van der Waals surface area contributed by atoms with Crippen molar-refractivity contribution >= 4 is 40.3 Å². The molecular weight excluding hydrogens is 393 g/mol. The molecule has 28 heavy (non-hydrogen) atoms. The van der Waals surface area contributed by atoms with Crippen LogP contribution in [0.1, 0.15) is 16.3 Å². The molecular formula is C18H15F3N4O2S. The number of aromatic nitrogens is 2. The van der Waals surface area contributed by atoms with E-state index in [1.54, 1.807) is 18.2 Å². The third kappa shape index (κ3) is 4.39. The predicted octanol–water partition coefficient (Wildman–Crippen LogP) is 3.29. The fourth-order valence-corrected chi connectivity index (χ4v) is 3.33. The van der Waals surface area contributed by atoms with Gasteiger partial charge in [0.05, 0.1) is 11.0 Å². The van der Waals surface area contributed by atoms with Gasteiger partial charge in [-0.15, -0.1) is 11.3 Å². The number of para-hydroxylation sites is 2. The molecule has 0 aliphatic rings. The molecule has 0 spiro atoms. The van der Waals surface area contributed by atoms with Crippen molar-refractivity contribution in [2.45, 2.75) is 19.6 Å². The molecule has 3 rings (SSSR count). The molecule has 0 bridgehead atoms. The van der Waals surface area contributed by atoms with Gasteiger partial charge >= 0.3 is 6.18 Å². The average Bonchev–Trinajstić information content (AvgIpc) is 3.22. The van der Waals surface area contributed by atoms with E-state index in [4.69, 9.17) is 0 Å². The van der Waals surface area contributed by atoms with E-state index in [-0.39, 0.29) is 11.0 Å². The van der Waals surface area contributed by atoms with Crippen LogP contribution in [0.15, 0.2) is 41.8 Å². The lowest BCUT2D eigenvalue weighted by atomic mass is 10.3. The van der Waals surface area contributed by atoms with Crippen LogP contribution in [-0.4, -0.2) is 21.4 Å². The molecule has 0 aliphatic carbocycles. The molecule has 0 fully saturated rings.